The number of rotatable bonds is 3. The van der Waals surface area contributed by atoms with Crippen molar-refractivity contribution in [1.82, 2.24) is 9.62 Å². The second-order valence-electron chi connectivity index (χ2n) is 5.34. The lowest BCUT2D eigenvalue weighted by atomic mass is 9.95. The van der Waals surface area contributed by atoms with Crippen molar-refractivity contribution in [2.24, 2.45) is 5.92 Å². The molecule has 3 rings (SSSR count). The van der Waals surface area contributed by atoms with Crippen LogP contribution in [0.5, 0.6) is 0 Å². The van der Waals surface area contributed by atoms with Crippen molar-refractivity contribution in [1.29, 1.82) is 0 Å². The van der Waals surface area contributed by atoms with Crippen molar-refractivity contribution in [3.8, 4) is 0 Å². The molecule has 106 valence electrons. The third kappa shape index (κ3) is 2.46. The first-order valence-electron chi connectivity index (χ1n) is 6.93. The van der Waals surface area contributed by atoms with Crippen LogP contribution in [0, 0.1) is 5.92 Å². The van der Waals surface area contributed by atoms with Gasteiger partial charge in [-0.25, -0.2) is 8.42 Å². The van der Waals surface area contributed by atoms with Gasteiger partial charge in [-0.15, -0.1) is 11.3 Å². The van der Waals surface area contributed by atoms with Crippen LogP contribution in [0.3, 0.4) is 0 Å². The van der Waals surface area contributed by atoms with E-state index in [1.54, 1.807) is 10.4 Å². The molecule has 3 heterocycles. The summed E-state index contributed by atoms with van der Waals surface area (Å²) in [5, 5.41) is 3.46. The molecule has 4 nitrogen and oxygen atoms in total. The lowest BCUT2D eigenvalue weighted by molar-refractivity contribution is 0.247. The van der Waals surface area contributed by atoms with E-state index in [9.17, 15) is 8.42 Å². The number of aryl methyl sites for hydroxylation is 1. The molecule has 0 aliphatic carbocycles. The number of thiophene rings is 1. The summed E-state index contributed by atoms with van der Waals surface area (Å²) in [5.41, 5.74) is 0. The Labute approximate surface area is 118 Å². The molecule has 0 spiro atoms. The number of hydrogen-bond acceptors (Lipinski definition) is 4. The third-order valence-corrected chi connectivity index (χ3v) is 7.76. The van der Waals surface area contributed by atoms with E-state index in [1.165, 1.54) is 11.3 Å². The number of sulfonamides is 1. The summed E-state index contributed by atoms with van der Waals surface area (Å²) in [7, 11) is -3.27. The van der Waals surface area contributed by atoms with E-state index < -0.39 is 10.0 Å². The van der Waals surface area contributed by atoms with E-state index in [2.05, 4.69) is 12.2 Å². The number of hydrogen-bond donors (Lipinski definition) is 1. The Hall–Kier alpha value is -0.430. The zero-order valence-corrected chi connectivity index (χ0v) is 12.8. The minimum atomic E-state index is -3.27. The van der Waals surface area contributed by atoms with Gasteiger partial charge < -0.3 is 5.32 Å². The van der Waals surface area contributed by atoms with Gasteiger partial charge in [-0.3, -0.25) is 0 Å². The van der Waals surface area contributed by atoms with E-state index in [0.717, 1.165) is 30.7 Å². The van der Waals surface area contributed by atoms with E-state index in [1.807, 2.05) is 6.07 Å². The predicted molar refractivity (Wildman–Crippen MR) is 77.0 cm³/mol. The zero-order valence-electron chi connectivity index (χ0n) is 11.1. The summed E-state index contributed by atoms with van der Waals surface area (Å²) in [6.07, 6.45) is 2.94. The summed E-state index contributed by atoms with van der Waals surface area (Å²) in [4.78, 5) is 1.14. The largest absolute Gasteiger partial charge is 0.314 e. The normalized spacial score (nSPS) is 28.5. The molecule has 2 saturated heterocycles. The van der Waals surface area contributed by atoms with E-state index in [-0.39, 0.29) is 0 Å². The summed E-state index contributed by atoms with van der Waals surface area (Å²) < 4.78 is 27.4. The predicted octanol–water partition coefficient (Wildman–Crippen LogP) is 1.68. The van der Waals surface area contributed by atoms with Crippen molar-refractivity contribution in [3.63, 3.8) is 0 Å². The van der Waals surface area contributed by atoms with Crippen molar-refractivity contribution >= 4 is 21.4 Å². The van der Waals surface area contributed by atoms with E-state index in [0.29, 0.717) is 29.3 Å². The van der Waals surface area contributed by atoms with Gasteiger partial charge in [0, 0.05) is 24.0 Å². The van der Waals surface area contributed by atoms with Crippen LogP contribution in [0.4, 0.5) is 0 Å². The molecule has 1 aromatic rings. The fourth-order valence-corrected chi connectivity index (χ4v) is 6.01. The Morgan fingerprint density at radius 3 is 3.00 bits per heavy atom. The van der Waals surface area contributed by atoms with Gasteiger partial charge in [0.15, 0.2) is 0 Å². The summed E-state index contributed by atoms with van der Waals surface area (Å²) in [5.74, 6) is 0.495. The van der Waals surface area contributed by atoms with Crippen LogP contribution in [-0.4, -0.2) is 38.4 Å². The Morgan fingerprint density at radius 2 is 2.26 bits per heavy atom. The van der Waals surface area contributed by atoms with Gasteiger partial charge in [-0.1, -0.05) is 6.92 Å². The average molecular weight is 300 g/mol. The highest BCUT2D eigenvalue weighted by Crippen LogP contribution is 2.31. The van der Waals surface area contributed by atoms with Gasteiger partial charge in [0.05, 0.1) is 0 Å². The van der Waals surface area contributed by atoms with Crippen LogP contribution in [0.25, 0.3) is 0 Å². The molecule has 0 aromatic carbocycles. The van der Waals surface area contributed by atoms with E-state index >= 15 is 0 Å². The van der Waals surface area contributed by atoms with Gasteiger partial charge >= 0.3 is 0 Å². The van der Waals surface area contributed by atoms with Crippen LogP contribution >= 0.6 is 11.3 Å². The second-order valence-corrected chi connectivity index (χ2v) is 8.67. The molecule has 2 aliphatic heterocycles. The Kier molecular flexibility index (Phi) is 3.68. The monoisotopic (exact) mass is 300 g/mol. The summed E-state index contributed by atoms with van der Waals surface area (Å²) in [6, 6.07) is 4.22. The molecule has 2 aliphatic rings. The molecule has 0 saturated carbocycles. The van der Waals surface area contributed by atoms with Gasteiger partial charge in [-0.05, 0) is 43.9 Å². The highest BCUT2D eigenvalue weighted by molar-refractivity contribution is 7.91. The standard InChI is InChI=1S/C13H20N2O2S2/c1-2-11-3-4-13(18-11)19(16,17)15-8-6-12-10(9-15)5-7-14-12/h3-4,10,12,14H,2,5-9H2,1H3. The molecular formula is C13H20N2O2S2. The Morgan fingerprint density at radius 1 is 1.42 bits per heavy atom. The molecule has 6 heteroatoms. The smallest absolute Gasteiger partial charge is 0.252 e. The maximum atomic E-state index is 12.6. The highest BCUT2D eigenvalue weighted by Gasteiger charge is 2.38. The number of nitrogens with zero attached hydrogens (tertiary/aromatic N) is 1. The molecule has 0 radical (unpaired) electrons. The second kappa shape index (κ2) is 5.16. The number of fused-ring (bicyclic) bond motifs is 1. The average Bonchev–Trinajstić information content (AvgIpc) is 3.06. The van der Waals surface area contributed by atoms with Crippen molar-refractivity contribution in [3.05, 3.63) is 17.0 Å². The first kappa shape index (κ1) is 13.5. The first-order chi connectivity index (χ1) is 9.11. The third-order valence-electron chi connectivity index (χ3n) is 4.20. The minimum absolute atomic E-state index is 0.495. The molecular weight excluding hydrogens is 280 g/mol. The molecule has 1 aromatic heterocycles. The quantitative estimate of drug-likeness (QED) is 0.924. The van der Waals surface area contributed by atoms with Gasteiger partial charge in [0.1, 0.15) is 4.21 Å². The zero-order chi connectivity index (χ0) is 13.5. The molecule has 0 bridgehead atoms. The molecule has 2 fully saturated rings. The Bertz CT molecular complexity index is 553. The van der Waals surface area contributed by atoms with Crippen LogP contribution in [0.15, 0.2) is 16.3 Å². The first-order valence-corrected chi connectivity index (χ1v) is 9.19. The van der Waals surface area contributed by atoms with Crippen LogP contribution in [0.1, 0.15) is 24.6 Å². The SMILES string of the molecule is CCc1ccc(S(=O)(=O)N2CCC3NCCC3C2)s1. The number of nitrogens with one attached hydrogen (secondary N) is 1. The lowest BCUT2D eigenvalue weighted by Gasteiger charge is -2.33. The summed E-state index contributed by atoms with van der Waals surface area (Å²) >= 11 is 1.41. The summed E-state index contributed by atoms with van der Waals surface area (Å²) in [6.45, 7) is 4.41. The molecule has 0 amide bonds. The van der Waals surface area contributed by atoms with Crippen molar-refractivity contribution < 1.29 is 8.42 Å². The highest BCUT2D eigenvalue weighted by atomic mass is 32.2. The van der Waals surface area contributed by atoms with Gasteiger partial charge in [-0.2, -0.15) is 4.31 Å². The van der Waals surface area contributed by atoms with E-state index in [4.69, 9.17) is 0 Å². The number of piperidine rings is 1. The lowest BCUT2D eigenvalue weighted by Crippen LogP contribution is -2.46. The maximum absolute atomic E-state index is 12.6. The van der Waals surface area contributed by atoms with Crippen molar-refractivity contribution in [2.75, 3.05) is 19.6 Å². The van der Waals surface area contributed by atoms with Gasteiger partial charge in [0.2, 0.25) is 0 Å². The Balaban J connectivity index is 1.80. The van der Waals surface area contributed by atoms with Crippen molar-refractivity contribution in [2.45, 2.75) is 36.4 Å². The fraction of sp³-hybridized carbons (Fsp3) is 0.692. The maximum Gasteiger partial charge on any atom is 0.252 e. The van der Waals surface area contributed by atoms with Crippen LogP contribution < -0.4 is 5.32 Å². The molecule has 1 N–H and O–H groups in total. The van der Waals surface area contributed by atoms with Gasteiger partial charge in [0.25, 0.3) is 10.0 Å². The van der Waals surface area contributed by atoms with Crippen LogP contribution in [0.2, 0.25) is 0 Å². The minimum Gasteiger partial charge on any atom is -0.314 e. The molecule has 2 unspecified atom stereocenters. The topological polar surface area (TPSA) is 49.4 Å². The van der Waals surface area contributed by atoms with Crippen LogP contribution in [-0.2, 0) is 16.4 Å². The fourth-order valence-electron chi connectivity index (χ4n) is 3.05. The molecule has 19 heavy (non-hydrogen) atoms. The molecule has 2 atom stereocenters.